The molecule has 0 saturated heterocycles. The van der Waals surface area contributed by atoms with Gasteiger partial charge in [-0.2, -0.15) is 5.26 Å². The summed E-state index contributed by atoms with van der Waals surface area (Å²) >= 11 is 1.52. The Morgan fingerprint density at radius 1 is 1.18 bits per heavy atom. The van der Waals surface area contributed by atoms with E-state index in [1.54, 1.807) is 18.3 Å². The third-order valence-corrected chi connectivity index (χ3v) is 6.99. The lowest BCUT2D eigenvalue weighted by Gasteiger charge is -2.41. The molecule has 0 aromatic heterocycles. The second kappa shape index (κ2) is 8.29. The zero-order chi connectivity index (χ0) is 20.3. The molecule has 0 saturated carbocycles. The second-order valence-electron chi connectivity index (χ2n) is 6.68. The molecule has 2 atom stereocenters. The summed E-state index contributed by atoms with van der Waals surface area (Å²) in [4.78, 5) is 3.08. The van der Waals surface area contributed by atoms with Crippen molar-refractivity contribution in [2.24, 2.45) is 0 Å². The van der Waals surface area contributed by atoms with E-state index >= 15 is 0 Å². The van der Waals surface area contributed by atoms with Crippen molar-refractivity contribution in [3.05, 3.63) is 76.8 Å². The maximum Gasteiger partial charge on any atom is 0.234 e. The van der Waals surface area contributed by atoms with Gasteiger partial charge in [-0.05, 0) is 43.2 Å². The van der Waals surface area contributed by atoms with E-state index in [-0.39, 0.29) is 6.04 Å². The van der Waals surface area contributed by atoms with Crippen LogP contribution in [-0.4, -0.2) is 24.5 Å². The number of rotatable bonds is 6. The average Bonchev–Trinajstić information content (AvgIpc) is 3.08. The first-order valence-electron chi connectivity index (χ1n) is 9.02. The van der Waals surface area contributed by atoms with Crippen molar-refractivity contribution in [1.29, 1.82) is 5.26 Å². The van der Waals surface area contributed by atoms with Crippen molar-refractivity contribution in [2.45, 2.75) is 31.8 Å². The number of anilines is 1. The van der Waals surface area contributed by atoms with Crippen molar-refractivity contribution in [1.82, 2.24) is 4.31 Å². The fourth-order valence-electron chi connectivity index (χ4n) is 3.37. The highest BCUT2D eigenvalue weighted by atomic mass is 32.2. The molecule has 0 fully saturated rings. The molecule has 0 spiro atoms. The molecule has 1 aliphatic rings. The first kappa shape index (κ1) is 20.3. The smallest absolute Gasteiger partial charge is 0.234 e. The number of allylic oxidation sites excluding steroid dienone is 1. The van der Waals surface area contributed by atoms with Crippen LogP contribution < -0.4 is 4.90 Å². The second-order valence-corrected chi connectivity index (χ2v) is 9.87. The number of nitrogens with zero attached hydrogens (tertiary/aromatic N) is 3. The van der Waals surface area contributed by atoms with Gasteiger partial charge in [0.15, 0.2) is 5.50 Å². The maximum absolute atomic E-state index is 12.5. The Morgan fingerprint density at radius 3 is 2.36 bits per heavy atom. The standard InChI is InChI=1S/C21H23N3O2S2/c1-4-20(18-8-6-5-7-9-18)24(19-12-10-17(14-22)11-13-19)21-23(28(3,25)26)15-16(2)27-21/h5-13,15,20-21H,4H2,1-3H3. The minimum Gasteiger partial charge on any atom is -0.334 e. The third kappa shape index (κ3) is 4.18. The summed E-state index contributed by atoms with van der Waals surface area (Å²) in [5, 5.41) is 9.13. The van der Waals surface area contributed by atoms with E-state index in [2.05, 4.69) is 30.0 Å². The molecule has 2 unspecified atom stereocenters. The van der Waals surface area contributed by atoms with Crippen LogP contribution in [0.4, 0.5) is 5.69 Å². The largest absolute Gasteiger partial charge is 0.334 e. The molecule has 0 amide bonds. The summed E-state index contributed by atoms with van der Waals surface area (Å²) in [6, 6.07) is 19.5. The molecule has 0 radical (unpaired) electrons. The van der Waals surface area contributed by atoms with Gasteiger partial charge < -0.3 is 4.90 Å². The Balaban J connectivity index is 2.12. The fraction of sp³-hybridized carbons (Fsp3) is 0.286. The molecule has 2 aromatic rings. The van der Waals surface area contributed by atoms with Crippen LogP contribution in [0.2, 0.25) is 0 Å². The van der Waals surface area contributed by atoms with Crippen molar-refractivity contribution in [3.8, 4) is 6.07 Å². The molecule has 7 heteroatoms. The van der Waals surface area contributed by atoms with Gasteiger partial charge in [-0.25, -0.2) is 12.7 Å². The molecule has 3 rings (SSSR count). The minimum absolute atomic E-state index is 0.0183. The van der Waals surface area contributed by atoms with Gasteiger partial charge in [0.2, 0.25) is 10.0 Å². The summed E-state index contributed by atoms with van der Waals surface area (Å²) < 4.78 is 26.4. The van der Waals surface area contributed by atoms with Gasteiger partial charge in [0, 0.05) is 16.8 Å². The summed E-state index contributed by atoms with van der Waals surface area (Å²) in [6.45, 7) is 4.02. The van der Waals surface area contributed by atoms with Crippen LogP contribution in [0, 0.1) is 11.3 Å². The van der Waals surface area contributed by atoms with Crippen LogP contribution in [0.25, 0.3) is 0 Å². The topological polar surface area (TPSA) is 64.4 Å². The lowest BCUT2D eigenvalue weighted by molar-refractivity contribution is 0.444. The van der Waals surface area contributed by atoms with Gasteiger partial charge in [0.25, 0.3) is 0 Å². The maximum atomic E-state index is 12.5. The predicted octanol–water partition coefficient (Wildman–Crippen LogP) is 4.67. The number of hydrogen-bond acceptors (Lipinski definition) is 5. The normalized spacial score (nSPS) is 17.7. The van der Waals surface area contributed by atoms with E-state index in [1.165, 1.54) is 22.3 Å². The quantitative estimate of drug-likeness (QED) is 0.689. The van der Waals surface area contributed by atoms with Gasteiger partial charge >= 0.3 is 0 Å². The molecule has 5 nitrogen and oxygen atoms in total. The highest BCUT2D eigenvalue weighted by Gasteiger charge is 2.38. The van der Waals surface area contributed by atoms with Crippen molar-refractivity contribution in [2.75, 3.05) is 11.2 Å². The Morgan fingerprint density at radius 2 is 1.82 bits per heavy atom. The highest BCUT2D eigenvalue weighted by molar-refractivity contribution is 8.04. The Kier molecular flexibility index (Phi) is 6.01. The van der Waals surface area contributed by atoms with Crippen molar-refractivity contribution in [3.63, 3.8) is 0 Å². The van der Waals surface area contributed by atoms with Gasteiger partial charge in [-0.3, -0.25) is 0 Å². The molecular formula is C21H23N3O2S2. The van der Waals surface area contributed by atoms with Crippen molar-refractivity contribution < 1.29 is 8.42 Å². The highest BCUT2D eigenvalue weighted by Crippen LogP contribution is 2.43. The Bertz CT molecular complexity index is 996. The van der Waals surface area contributed by atoms with Gasteiger partial charge in [-0.15, -0.1) is 0 Å². The van der Waals surface area contributed by atoms with Crippen LogP contribution in [0.15, 0.2) is 65.7 Å². The van der Waals surface area contributed by atoms with Crippen LogP contribution in [0.5, 0.6) is 0 Å². The van der Waals surface area contributed by atoms with Gasteiger partial charge in [0.05, 0.1) is 23.9 Å². The number of sulfonamides is 1. The molecule has 0 aliphatic carbocycles. The molecule has 28 heavy (non-hydrogen) atoms. The predicted molar refractivity (Wildman–Crippen MR) is 115 cm³/mol. The molecule has 146 valence electrons. The van der Waals surface area contributed by atoms with Crippen molar-refractivity contribution >= 4 is 27.5 Å². The number of thioether (sulfide) groups is 1. The fourth-order valence-corrected chi connectivity index (χ4v) is 5.87. The molecule has 2 aromatic carbocycles. The number of benzene rings is 2. The van der Waals surface area contributed by atoms with E-state index in [1.807, 2.05) is 37.3 Å². The van der Waals surface area contributed by atoms with Crippen LogP contribution in [0.3, 0.4) is 0 Å². The Hall–Kier alpha value is -2.43. The lowest BCUT2D eigenvalue weighted by atomic mass is 10.0. The molecule has 1 heterocycles. The van der Waals surface area contributed by atoms with E-state index in [4.69, 9.17) is 5.26 Å². The number of hydrogen-bond donors (Lipinski definition) is 0. The third-order valence-electron chi connectivity index (χ3n) is 4.64. The zero-order valence-corrected chi connectivity index (χ0v) is 17.7. The average molecular weight is 414 g/mol. The SMILES string of the molecule is CCC(c1ccccc1)N(c1ccc(C#N)cc1)C1SC(C)=CN1S(C)(=O)=O. The lowest BCUT2D eigenvalue weighted by Crippen LogP contribution is -2.46. The summed E-state index contributed by atoms with van der Waals surface area (Å²) in [5.74, 6) is 0. The zero-order valence-electron chi connectivity index (χ0n) is 16.1. The van der Waals surface area contributed by atoms with Gasteiger partial charge in [0.1, 0.15) is 0 Å². The van der Waals surface area contributed by atoms with E-state index in [0.29, 0.717) is 5.56 Å². The van der Waals surface area contributed by atoms with E-state index in [0.717, 1.165) is 22.6 Å². The molecule has 1 aliphatic heterocycles. The molecular weight excluding hydrogens is 390 g/mol. The molecule has 0 bridgehead atoms. The first-order valence-corrected chi connectivity index (χ1v) is 11.7. The van der Waals surface area contributed by atoms with E-state index < -0.39 is 15.5 Å². The van der Waals surface area contributed by atoms with Gasteiger partial charge in [-0.1, -0.05) is 49.0 Å². The summed E-state index contributed by atoms with van der Waals surface area (Å²) in [7, 11) is -3.43. The van der Waals surface area contributed by atoms with E-state index in [9.17, 15) is 8.42 Å². The van der Waals surface area contributed by atoms with Crippen LogP contribution in [-0.2, 0) is 10.0 Å². The monoisotopic (exact) mass is 413 g/mol. The van der Waals surface area contributed by atoms with Crippen LogP contribution in [0.1, 0.15) is 37.4 Å². The summed E-state index contributed by atoms with van der Waals surface area (Å²) in [5.41, 5.74) is 2.15. The number of nitriles is 1. The minimum atomic E-state index is -3.43. The molecule has 0 N–H and O–H groups in total. The Labute approximate surface area is 171 Å². The summed E-state index contributed by atoms with van der Waals surface area (Å²) in [6.07, 6.45) is 3.73. The van der Waals surface area contributed by atoms with Crippen LogP contribution >= 0.6 is 11.8 Å². The first-order chi connectivity index (χ1) is 13.3.